The summed E-state index contributed by atoms with van der Waals surface area (Å²) in [4.78, 5) is 2.58. The summed E-state index contributed by atoms with van der Waals surface area (Å²) in [6.45, 7) is 9.84. The highest BCUT2D eigenvalue weighted by atomic mass is 15.4. The molecule has 1 saturated heterocycles. The average molecular weight is 277 g/mol. The molecule has 0 aliphatic carbocycles. The van der Waals surface area contributed by atoms with Crippen LogP contribution in [0.25, 0.3) is 0 Å². The van der Waals surface area contributed by atoms with Crippen LogP contribution in [-0.2, 0) is 5.54 Å². The number of nitrogens with zero attached hydrogens (tertiary/aromatic N) is 1. The summed E-state index contributed by atoms with van der Waals surface area (Å²) in [6.07, 6.45) is 1.16. The zero-order chi connectivity index (χ0) is 14.9. The van der Waals surface area contributed by atoms with Gasteiger partial charge in [-0.1, -0.05) is 79.7 Å². The van der Waals surface area contributed by atoms with Crippen molar-refractivity contribution in [3.05, 3.63) is 83.9 Å². The van der Waals surface area contributed by atoms with Gasteiger partial charge in [0, 0.05) is 0 Å². The summed E-state index contributed by atoms with van der Waals surface area (Å²) in [6, 6.07) is 22.1. The molecule has 1 aliphatic heterocycles. The van der Waals surface area contributed by atoms with Crippen molar-refractivity contribution < 1.29 is 0 Å². The van der Waals surface area contributed by atoms with Crippen molar-refractivity contribution in [1.29, 1.82) is 0 Å². The third-order valence-electron chi connectivity index (χ3n) is 4.54. The van der Waals surface area contributed by atoms with Crippen molar-refractivity contribution in [2.75, 3.05) is 6.54 Å². The molecule has 0 N–H and O–H groups in total. The Morgan fingerprint density at radius 3 is 2.14 bits per heavy atom. The van der Waals surface area contributed by atoms with Crippen molar-refractivity contribution in [3.63, 3.8) is 0 Å². The lowest BCUT2D eigenvalue weighted by Crippen LogP contribution is -2.18. The zero-order valence-corrected chi connectivity index (χ0v) is 12.9. The standard InChI is InChI=1S/C20H23N/c1-4-15-21-19(17-11-7-5-8-12-17)20(21,16(2)3)18-13-9-6-10-14-18/h5-14,19H,2,4,15H2,1,3H3/t19-,20-,21?/m0/s1. The minimum Gasteiger partial charge on any atom is -0.279 e. The summed E-state index contributed by atoms with van der Waals surface area (Å²) in [7, 11) is 0. The van der Waals surface area contributed by atoms with E-state index in [1.54, 1.807) is 0 Å². The molecule has 0 radical (unpaired) electrons. The predicted molar refractivity (Wildman–Crippen MR) is 89.1 cm³/mol. The normalized spacial score (nSPS) is 27.3. The number of hydrogen-bond donors (Lipinski definition) is 0. The van der Waals surface area contributed by atoms with Gasteiger partial charge >= 0.3 is 0 Å². The molecule has 0 saturated carbocycles. The van der Waals surface area contributed by atoms with E-state index in [0.29, 0.717) is 6.04 Å². The zero-order valence-electron chi connectivity index (χ0n) is 12.9. The lowest BCUT2D eigenvalue weighted by Gasteiger charge is -2.19. The van der Waals surface area contributed by atoms with Crippen LogP contribution < -0.4 is 0 Å². The first kappa shape index (κ1) is 14.1. The summed E-state index contributed by atoms with van der Waals surface area (Å²) in [5.41, 5.74) is 3.95. The van der Waals surface area contributed by atoms with Gasteiger partial charge < -0.3 is 0 Å². The Labute approximate surface area is 127 Å². The molecule has 1 fully saturated rings. The van der Waals surface area contributed by atoms with Gasteiger partial charge in [0.05, 0.1) is 11.6 Å². The van der Waals surface area contributed by atoms with E-state index in [1.165, 1.54) is 16.7 Å². The summed E-state index contributed by atoms with van der Waals surface area (Å²) < 4.78 is 0. The second-order valence-corrected chi connectivity index (χ2v) is 5.92. The molecule has 3 atom stereocenters. The van der Waals surface area contributed by atoms with Gasteiger partial charge in [-0.2, -0.15) is 0 Å². The van der Waals surface area contributed by atoms with Gasteiger partial charge in [-0.3, -0.25) is 4.90 Å². The maximum Gasteiger partial charge on any atom is 0.0876 e. The fourth-order valence-electron chi connectivity index (χ4n) is 3.69. The maximum absolute atomic E-state index is 4.33. The first-order chi connectivity index (χ1) is 10.2. The van der Waals surface area contributed by atoms with Crippen molar-refractivity contribution in [2.24, 2.45) is 0 Å². The Morgan fingerprint density at radius 2 is 1.62 bits per heavy atom. The van der Waals surface area contributed by atoms with E-state index in [0.717, 1.165) is 13.0 Å². The van der Waals surface area contributed by atoms with Crippen LogP contribution in [0.2, 0.25) is 0 Å². The van der Waals surface area contributed by atoms with Crippen LogP contribution >= 0.6 is 0 Å². The lowest BCUT2D eigenvalue weighted by molar-refractivity contribution is 0.437. The molecule has 1 aliphatic rings. The Balaban J connectivity index is 2.09. The topological polar surface area (TPSA) is 3.01 Å². The van der Waals surface area contributed by atoms with E-state index >= 15 is 0 Å². The molecule has 2 aromatic rings. The van der Waals surface area contributed by atoms with Crippen LogP contribution in [0, 0.1) is 0 Å². The highest BCUT2D eigenvalue weighted by molar-refractivity contribution is 5.48. The van der Waals surface area contributed by atoms with E-state index in [9.17, 15) is 0 Å². The molecule has 2 aromatic carbocycles. The molecular weight excluding hydrogens is 254 g/mol. The summed E-state index contributed by atoms with van der Waals surface area (Å²) in [5, 5.41) is 0. The molecule has 0 aromatic heterocycles. The fourth-order valence-corrected chi connectivity index (χ4v) is 3.69. The molecule has 3 rings (SSSR count). The summed E-state index contributed by atoms with van der Waals surface area (Å²) >= 11 is 0. The Morgan fingerprint density at radius 1 is 1.05 bits per heavy atom. The third kappa shape index (κ3) is 2.13. The number of rotatable bonds is 5. The summed E-state index contributed by atoms with van der Waals surface area (Å²) in [5.74, 6) is 0. The van der Waals surface area contributed by atoms with Crippen LogP contribution in [0.15, 0.2) is 72.8 Å². The molecule has 0 spiro atoms. The van der Waals surface area contributed by atoms with Gasteiger partial charge in [0.25, 0.3) is 0 Å². The molecule has 1 heteroatoms. The SMILES string of the molecule is C=C(C)[C@]1(c2ccccc2)[C@H](c2ccccc2)N1CCC. The molecule has 0 amide bonds. The molecule has 21 heavy (non-hydrogen) atoms. The van der Waals surface area contributed by atoms with Crippen LogP contribution in [0.1, 0.15) is 37.4 Å². The number of benzene rings is 2. The Hall–Kier alpha value is -1.86. The molecular formula is C20H23N. The van der Waals surface area contributed by atoms with Gasteiger partial charge in [-0.15, -0.1) is 0 Å². The molecule has 108 valence electrons. The van der Waals surface area contributed by atoms with Crippen molar-refractivity contribution in [1.82, 2.24) is 4.90 Å². The van der Waals surface area contributed by atoms with E-state index in [-0.39, 0.29) is 5.54 Å². The van der Waals surface area contributed by atoms with E-state index < -0.39 is 0 Å². The Kier molecular flexibility index (Phi) is 3.69. The van der Waals surface area contributed by atoms with E-state index in [4.69, 9.17) is 0 Å². The highest BCUT2D eigenvalue weighted by Gasteiger charge is 2.63. The molecule has 1 unspecified atom stereocenters. The van der Waals surface area contributed by atoms with E-state index in [2.05, 4.69) is 86.0 Å². The van der Waals surface area contributed by atoms with Crippen molar-refractivity contribution >= 4 is 0 Å². The minimum absolute atomic E-state index is 0.0291. The third-order valence-corrected chi connectivity index (χ3v) is 4.54. The fraction of sp³-hybridized carbons (Fsp3) is 0.300. The largest absolute Gasteiger partial charge is 0.279 e. The first-order valence-corrected chi connectivity index (χ1v) is 7.76. The van der Waals surface area contributed by atoms with Gasteiger partial charge in [0.1, 0.15) is 0 Å². The van der Waals surface area contributed by atoms with Gasteiger partial charge in [0.15, 0.2) is 0 Å². The molecule has 0 bridgehead atoms. The maximum atomic E-state index is 4.33. The monoisotopic (exact) mass is 277 g/mol. The number of hydrogen-bond acceptors (Lipinski definition) is 1. The van der Waals surface area contributed by atoms with E-state index in [1.807, 2.05) is 0 Å². The van der Waals surface area contributed by atoms with Crippen LogP contribution in [-0.4, -0.2) is 11.4 Å². The van der Waals surface area contributed by atoms with Crippen LogP contribution in [0.5, 0.6) is 0 Å². The Bertz CT molecular complexity index is 617. The lowest BCUT2D eigenvalue weighted by atomic mass is 9.86. The van der Waals surface area contributed by atoms with Crippen molar-refractivity contribution in [2.45, 2.75) is 31.8 Å². The minimum atomic E-state index is -0.0291. The smallest absolute Gasteiger partial charge is 0.0876 e. The van der Waals surface area contributed by atoms with Crippen molar-refractivity contribution in [3.8, 4) is 0 Å². The predicted octanol–water partition coefficient (Wildman–Crippen LogP) is 4.92. The first-order valence-electron chi connectivity index (χ1n) is 7.76. The second-order valence-electron chi connectivity index (χ2n) is 5.92. The molecule has 1 nitrogen and oxygen atoms in total. The van der Waals surface area contributed by atoms with Crippen LogP contribution in [0.3, 0.4) is 0 Å². The van der Waals surface area contributed by atoms with Gasteiger partial charge in [-0.25, -0.2) is 0 Å². The van der Waals surface area contributed by atoms with Crippen LogP contribution in [0.4, 0.5) is 0 Å². The highest BCUT2D eigenvalue weighted by Crippen LogP contribution is 2.63. The average Bonchev–Trinajstić information content (AvgIpc) is 3.19. The molecule has 1 heterocycles. The quantitative estimate of drug-likeness (QED) is 0.553. The van der Waals surface area contributed by atoms with Gasteiger partial charge in [0.2, 0.25) is 0 Å². The second kappa shape index (κ2) is 5.50. The van der Waals surface area contributed by atoms with Gasteiger partial charge in [-0.05, 0) is 31.0 Å².